The maximum atomic E-state index is 12.4. The van der Waals surface area contributed by atoms with Crippen LogP contribution in [0.15, 0.2) is 41.9 Å². The molecule has 0 unspecified atom stereocenters. The van der Waals surface area contributed by atoms with E-state index in [1.807, 2.05) is 28.5 Å². The first kappa shape index (κ1) is 14.7. The predicted molar refractivity (Wildman–Crippen MR) is 85.0 cm³/mol. The molecule has 6 heteroatoms. The third-order valence-electron chi connectivity index (χ3n) is 3.69. The van der Waals surface area contributed by atoms with E-state index in [-0.39, 0.29) is 11.8 Å². The largest absolute Gasteiger partial charge is 0.336 e. The van der Waals surface area contributed by atoms with Crippen molar-refractivity contribution in [3.8, 4) is 0 Å². The summed E-state index contributed by atoms with van der Waals surface area (Å²) in [5, 5.41) is 1.90. The molecule has 2 amide bonds. The number of hydrogen-bond donors (Lipinski definition) is 0. The fourth-order valence-electron chi connectivity index (χ4n) is 2.53. The van der Waals surface area contributed by atoms with Crippen LogP contribution >= 0.6 is 11.3 Å². The van der Waals surface area contributed by atoms with Gasteiger partial charge in [-0.05, 0) is 30.0 Å². The molecule has 0 spiro atoms. The number of aromatic nitrogens is 1. The second-order valence-corrected chi connectivity index (χ2v) is 6.08. The minimum Gasteiger partial charge on any atom is -0.336 e. The molecule has 2 aromatic heterocycles. The van der Waals surface area contributed by atoms with Crippen molar-refractivity contribution in [3.05, 3.63) is 52.5 Å². The van der Waals surface area contributed by atoms with Crippen molar-refractivity contribution in [3.63, 3.8) is 0 Å². The summed E-state index contributed by atoms with van der Waals surface area (Å²) in [5.41, 5.74) is 0.459. The number of hydrogen-bond acceptors (Lipinski definition) is 4. The molecule has 0 aromatic carbocycles. The molecule has 22 heavy (non-hydrogen) atoms. The molecule has 0 N–H and O–H groups in total. The van der Waals surface area contributed by atoms with E-state index in [1.54, 1.807) is 23.2 Å². The van der Waals surface area contributed by atoms with Crippen LogP contribution in [0.5, 0.6) is 0 Å². The van der Waals surface area contributed by atoms with Gasteiger partial charge < -0.3 is 9.80 Å². The monoisotopic (exact) mass is 315 g/mol. The van der Waals surface area contributed by atoms with E-state index in [1.165, 1.54) is 11.3 Å². The van der Waals surface area contributed by atoms with Crippen LogP contribution in [-0.2, 0) is 0 Å². The lowest BCUT2D eigenvalue weighted by Crippen LogP contribution is -2.37. The SMILES string of the molecule is O=C(c1ccccn1)N1CCCN(C(=O)c2cccs2)CC1. The summed E-state index contributed by atoms with van der Waals surface area (Å²) in [6.07, 6.45) is 2.41. The zero-order chi connectivity index (χ0) is 15.4. The highest BCUT2D eigenvalue weighted by Gasteiger charge is 2.24. The maximum Gasteiger partial charge on any atom is 0.272 e. The summed E-state index contributed by atoms with van der Waals surface area (Å²) in [5.74, 6) is -0.00634. The normalized spacial score (nSPS) is 15.5. The van der Waals surface area contributed by atoms with Gasteiger partial charge in [-0.25, -0.2) is 0 Å². The third-order valence-corrected chi connectivity index (χ3v) is 4.54. The van der Waals surface area contributed by atoms with Crippen LogP contribution < -0.4 is 0 Å². The maximum absolute atomic E-state index is 12.4. The van der Waals surface area contributed by atoms with Crippen molar-refractivity contribution in [1.29, 1.82) is 0 Å². The Kier molecular flexibility index (Phi) is 4.48. The summed E-state index contributed by atoms with van der Waals surface area (Å²) in [4.78, 5) is 33.3. The molecule has 1 saturated heterocycles. The lowest BCUT2D eigenvalue weighted by atomic mass is 10.3. The Morgan fingerprint density at radius 1 is 0.955 bits per heavy atom. The molecule has 3 heterocycles. The molecule has 0 saturated carbocycles. The smallest absolute Gasteiger partial charge is 0.272 e. The molecular weight excluding hydrogens is 298 g/mol. The lowest BCUT2D eigenvalue weighted by molar-refractivity contribution is 0.0718. The summed E-state index contributed by atoms with van der Waals surface area (Å²) >= 11 is 1.45. The van der Waals surface area contributed by atoms with Crippen LogP contribution in [0, 0.1) is 0 Å². The molecule has 3 rings (SSSR count). The average molecular weight is 315 g/mol. The van der Waals surface area contributed by atoms with Crippen molar-refractivity contribution in [2.24, 2.45) is 0 Å². The summed E-state index contributed by atoms with van der Waals surface area (Å²) in [6.45, 7) is 2.45. The number of rotatable bonds is 2. The molecule has 114 valence electrons. The Morgan fingerprint density at radius 2 is 1.73 bits per heavy atom. The van der Waals surface area contributed by atoms with Crippen molar-refractivity contribution in [2.45, 2.75) is 6.42 Å². The molecule has 0 bridgehead atoms. The van der Waals surface area contributed by atoms with E-state index in [0.717, 1.165) is 11.3 Å². The van der Waals surface area contributed by atoms with Gasteiger partial charge in [0.2, 0.25) is 0 Å². The highest BCUT2D eigenvalue weighted by Crippen LogP contribution is 2.14. The van der Waals surface area contributed by atoms with Gasteiger partial charge in [0.1, 0.15) is 5.69 Å². The van der Waals surface area contributed by atoms with Crippen LogP contribution in [0.2, 0.25) is 0 Å². The van der Waals surface area contributed by atoms with Gasteiger partial charge in [-0.3, -0.25) is 14.6 Å². The lowest BCUT2D eigenvalue weighted by Gasteiger charge is -2.21. The van der Waals surface area contributed by atoms with Crippen LogP contribution in [0.4, 0.5) is 0 Å². The number of thiophene rings is 1. The third kappa shape index (κ3) is 3.17. The minimum atomic E-state index is -0.0639. The Hall–Kier alpha value is -2.21. The van der Waals surface area contributed by atoms with Gasteiger partial charge in [-0.2, -0.15) is 0 Å². The van der Waals surface area contributed by atoms with Crippen LogP contribution in [-0.4, -0.2) is 52.8 Å². The minimum absolute atomic E-state index is 0.0575. The van der Waals surface area contributed by atoms with Crippen LogP contribution in [0.3, 0.4) is 0 Å². The van der Waals surface area contributed by atoms with E-state index < -0.39 is 0 Å². The molecule has 2 aromatic rings. The number of carbonyl (C=O) groups is 2. The Labute approximate surface area is 133 Å². The first-order valence-electron chi connectivity index (χ1n) is 7.29. The van der Waals surface area contributed by atoms with E-state index in [9.17, 15) is 9.59 Å². The van der Waals surface area contributed by atoms with Gasteiger partial charge in [0.05, 0.1) is 4.88 Å². The second-order valence-electron chi connectivity index (χ2n) is 5.13. The van der Waals surface area contributed by atoms with Gasteiger partial charge in [0.15, 0.2) is 0 Å². The molecular formula is C16H17N3O2S. The standard InChI is InChI=1S/C16H17N3O2S/c20-15(13-5-1-2-7-17-13)18-8-4-9-19(11-10-18)16(21)14-6-3-12-22-14/h1-3,5-7,12H,4,8-11H2. The molecule has 0 radical (unpaired) electrons. The quantitative estimate of drug-likeness (QED) is 0.853. The molecule has 5 nitrogen and oxygen atoms in total. The van der Waals surface area contributed by atoms with Crippen LogP contribution in [0.1, 0.15) is 26.6 Å². The Morgan fingerprint density at radius 3 is 2.36 bits per heavy atom. The zero-order valence-corrected chi connectivity index (χ0v) is 13.0. The van der Waals surface area contributed by atoms with Gasteiger partial charge in [0, 0.05) is 32.4 Å². The van der Waals surface area contributed by atoms with Crippen LogP contribution in [0.25, 0.3) is 0 Å². The van der Waals surface area contributed by atoms with Crippen molar-refractivity contribution < 1.29 is 9.59 Å². The number of amides is 2. The van der Waals surface area contributed by atoms with E-state index >= 15 is 0 Å². The first-order valence-corrected chi connectivity index (χ1v) is 8.17. The first-order chi connectivity index (χ1) is 10.8. The number of nitrogens with zero attached hydrogens (tertiary/aromatic N) is 3. The summed E-state index contributed by atoms with van der Waals surface area (Å²) < 4.78 is 0. The van der Waals surface area contributed by atoms with Gasteiger partial charge >= 0.3 is 0 Å². The van der Waals surface area contributed by atoms with E-state index in [2.05, 4.69) is 4.98 Å². The summed E-state index contributed by atoms with van der Waals surface area (Å²) in [6, 6.07) is 9.05. The van der Waals surface area contributed by atoms with E-state index in [0.29, 0.717) is 31.9 Å². The fourth-order valence-corrected chi connectivity index (χ4v) is 3.22. The molecule has 1 aliphatic rings. The highest BCUT2D eigenvalue weighted by atomic mass is 32.1. The number of pyridine rings is 1. The topological polar surface area (TPSA) is 53.5 Å². The van der Waals surface area contributed by atoms with Gasteiger partial charge in [0.25, 0.3) is 11.8 Å². The van der Waals surface area contributed by atoms with Crippen molar-refractivity contribution in [1.82, 2.24) is 14.8 Å². The molecule has 0 aliphatic carbocycles. The average Bonchev–Trinajstić information content (AvgIpc) is 2.99. The van der Waals surface area contributed by atoms with E-state index in [4.69, 9.17) is 0 Å². The molecule has 0 atom stereocenters. The number of carbonyl (C=O) groups excluding carboxylic acids is 2. The molecule has 1 aliphatic heterocycles. The summed E-state index contributed by atoms with van der Waals surface area (Å²) in [7, 11) is 0. The Balaban J connectivity index is 1.65. The van der Waals surface area contributed by atoms with Crippen molar-refractivity contribution in [2.75, 3.05) is 26.2 Å². The van der Waals surface area contributed by atoms with Gasteiger partial charge in [-0.1, -0.05) is 12.1 Å². The fraction of sp³-hybridized carbons (Fsp3) is 0.312. The highest BCUT2D eigenvalue weighted by molar-refractivity contribution is 7.12. The van der Waals surface area contributed by atoms with Crippen molar-refractivity contribution >= 4 is 23.2 Å². The Bertz CT molecular complexity index is 643. The predicted octanol–water partition coefficient (Wildman–Crippen LogP) is 2.13. The molecule has 1 fully saturated rings. The van der Waals surface area contributed by atoms with Gasteiger partial charge in [-0.15, -0.1) is 11.3 Å². The second kappa shape index (κ2) is 6.70. The zero-order valence-electron chi connectivity index (χ0n) is 12.1.